The molecule has 144 valence electrons. The molecule has 0 saturated carbocycles. The van der Waals surface area contributed by atoms with Crippen LogP contribution in [0.25, 0.3) is 16.7 Å². The number of aryl methyl sites for hydroxylation is 3. The Morgan fingerprint density at radius 2 is 1.97 bits per heavy atom. The molecule has 29 heavy (non-hydrogen) atoms. The molecule has 4 aromatic rings. The van der Waals surface area contributed by atoms with Crippen molar-refractivity contribution in [3.8, 4) is 11.9 Å². The van der Waals surface area contributed by atoms with Gasteiger partial charge in [0, 0.05) is 17.9 Å². The van der Waals surface area contributed by atoms with Crippen molar-refractivity contribution in [2.75, 3.05) is 5.32 Å². The van der Waals surface area contributed by atoms with Gasteiger partial charge in [0.25, 0.3) is 0 Å². The summed E-state index contributed by atoms with van der Waals surface area (Å²) in [5, 5.41) is 18.5. The van der Waals surface area contributed by atoms with Gasteiger partial charge in [0.15, 0.2) is 11.6 Å². The van der Waals surface area contributed by atoms with E-state index in [1.54, 1.807) is 10.7 Å². The first-order valence-electron chi connectivity index (χ1n) is 9.16. The summed E-state index contributed by atoms with van der Waals surface area (Å²) in [7, 11) is 0. The van der Waals surface area contributed by atoms with Crippen LogP contribution in [-0.4, -0.2) is 24.7 Å². The molecule has 3 aromatic heterocycles. The zero-order chi connectivity index (χ0) is 20.5. The quantitative estimate of drug-likeness (QED) is 0.498. The Bertz CT molecular complexity index is 1270. The number of benzene rings is 1. The molecule has 1 aromatic carbocycles. The number of pyridine rings is 1. The molecule has 0 aliphatic rings. The summed E-state index contributed by atoms with van der Waals surface area (Å²) >= 11 is 6.11. The fourth-order valence-corrected chi connectivity index (χ4v) is 3.39. The molecular weight excluding hydrogens is 386 g/mol. The van der Waals surface area contributed by atoms with Gasteiger partial charge in [0.1, 0.15) is 28.4 Å². The van der Waals surface area contributed by atoms with Crippen LogP contribution in [0.5, 0.6) is 0 Å². The van der Waals surface area contributed by atoms with Gasteiger partial charge >= 0.3 is 0 Å². The van der Waals surface area contributed by atoms with Gasteiger partial charge in [-0.1, -0.05) is 36.7 Å². The van der Waals surface area contributed by atoms with Crippen LogP contribution < -0.4 is 5.32 Å². The second-order valence-electron chi connectivity index (χ2n) is 6.67. The van der Waals surface area contributed by atoms with Gasteiger partial charge < -0.3 is 5.32 Å². The van der Waals surface area contributed by atoms with E-state index in [1.807, 2.05) is 45.0 Å². The Labute approximate surface area is 173 Å². The highest BCUT2D eigenvalue weighted by Crippen LogP contribution is 2.27. The second-order valence-corrected chi connectivity index (χ2v) is 7.06. The zero-order valence-electron chi connectivity index (χ0n) is 16.2. The van der Waals surface area contributed by atoms with Gasteiger partial charge in [-0.15, -0.1) is 0 Å². The lowest BCUT2D eigenvalue weighted by atomic mass is 10.1. The van der Waals surface area contributed by atoms with Crippen LogP contribution in [-0.2, 0) is 6.42 Å². The Morgan fingerprint density at radius 1 is 1.14 bits per heavy atom. The van der Waals surface area contributed by atoms with Crippen molar-refractivity contribution in [1.82, 2.24) is 24.7 Å². The first-order chi connectivity index (χ1) is 14.0. The van der Waals surface area contributed by atoms with E-state index in [-0.39, 0.29) is 0 Å². The Hall–Kier alpha value is -3.50. The summed E-state index contributed by atoms with van der Waals surface area (Å²) in [6, 6.07) is 11.8. The molecule has 7 nitrogen and oxygen atoms in total. The van der Waals surface area contributed by atoms with Gasteiger partial charge in [-0.3, -0.25) is 0 Å². The van der Waals surface area contributed by atoms with Crippen molar-refractivity contribution in [2.24, 2.45) is 0 Å². The first kappa shape index (κ1) is 18.8. The van der Waals surface area contributed by atoms with Gasteiger partial charge in [-0.2, -0.15) is 15.0 Å². The molecule has 0 bridgehead atoms. The Balaban J connectivity index is 1.86. The number of para-hydroxylation sites is 1. The van der Waals surface area contributed by atoms with Crippen LogP contribution in [0.4, 0.5) is 11.6 Å². The topological polar surface area (TPSA) is 92.3 Å². The summed E-state index contributed by atoms with van der Waals surface area (Å²) in [6.45, 7) is 6.01. The van der Waals surface area contributed by atoms with Crippen LogP contribution in [0.3, 0.4) is 0 Å². The maximum absolute atomic E-state index is 9.56. The lowest BCUT2D eigenvalue weighted by molar-refractivity contribution is 0.855. The number of anilines is 2. The first-order valence-corrected chi connectivity index (χ1v) is 9.54. The predicted molar refractivity (Wildman–Crippen MR) is 113 cm³/mol. The summed E-state index contributed by atoms with van der Waals surface area (Å²) in [6.07, 6.45) is 2.15. The third kappa shape index (κ3) is 3.50. The van der Waals surface area contributed by atoms with Crippen LogP contribution >= 0.6 is 11.6 Å². The van der Waals surface area contributed by atoms with Gasteiger partial charge in [-0.05, 0) is 31.0 Å². The monoisotopic (exact) mass is 403 g/mol. The SMILES string of the molecule is CCc1nc(Cl)cc(Nc2c(C#N)cnn2-c2cc(C)c3cccc(C)c3n2)n1. The highest BCUT2D eigenvalue weighted by Gasteiger charge is 2.16. The summed E-state index contributed by atoms with van der Waals surface area (Å²) < 4.78 is 1.61. The number of nitrogens with zero attached hydrogens (tertiary/aromatic N) is 6. The minimum atomic E-state index is 0.333. The molecule has 0 atom stereocenters. The number of nitriles is 1. The smallest absolute Gasteiger partial charge is 0.156 e. The molecule has 0 aliphatic carbocycles. The normalized spacial score (nSPS) is 10.9. The van der Waals surface area contributed by atoms with E-state index >= 15 is 0 Å². The Morgan fingerprint density at radius 3 is 2.72 bits per heavy atom. The minimum absolute atomic E-state index is 0.333. The molecule has 0 saturated heterocycles. The van der Waals surface area contributed by atoms with Gasteiger partial charge in [0.05, 0.1) is 11.7 Å². The second kappa shape index (κ2) is 7.49. The number of aromatic nitrogens is 5. The number of halogens is 1. The largest absolute Gasteiger partial charge is 0.324 e. The Kier molecular flexibility index (Phi) is 4.87. The molecule has 8 heteroatoms. The molecule has 0 spiro atoms. The van der Waals surface area contributed by atoms with Crippen molar-refractivity contribution in [1.29, 1.82) is 5.26 Å². The lowest BCUT2D eigenvalue weighted by Gasteiger charge is -2.12. The number of nitrogens with one attached hydrogen (secondary N) is 1. The van der Waals surface area contributed by atoms with E-state index < -0.39 is 0 Å². The molecule has 1 N–H and O–H groups in total. The maximum Gasteiger partial charge on any atom is 0.156 e. The van der Waals surface area contributed by atoms with E-state index in [9.17, 15) is 5.26 Å². The number of fused-ring (bicyclic) bond motifs is 1. The van der Waals surface area contributed by atoms with Crippen molar-refractivity contribution in [3.05, 3.63) is 64.2 Å². The maximum atomic E-state index is 9.56. The summed E-state index contributed by atoms with van der Waals surface area (Å²) in [5.41, 5.74) is 3.43. The zero-order valence-corrected chi connectivity index (χ0v) is 17.0. The number of rotatable bonds is 4. The lowest BCUT2D eigenvalue weighted by Crippen LogP contribution is -2.08. The van der Waals surface area contributed by atoms with Crippen LogP contribution in [0.15, 0.2) is 36.5 Å². The molecule has 0 amide bonds. The van der Waals surface area contributed by atoms with E-state index in [0.29, 0.717) is 40.4 Å². The van der Waals surface area contributed by atoms with E-state index in [0.717, 1.165) is 22.0 Å². The van der Waals surface area contributed by atoms with E-state index in [1.165, 1.54) is 6.20 Å². The average molecular weight is 404 g/mol. The van der Waals surface area contributed by atoms with Crippen molar-refractivity contribution < 1.29 is 0 Å². The number of hydrogen-bond donors (Lipinski definition) is 1. The third-order valence-corrected chi connectivity index (χ3v) is 4.84. The highest BCUT2D eigenvalue weighted by molar-refractivity contribution is 6.29. The molecular formula is C21H18ClN7. The molecule has 3 heterocycles. The predicted octanol–water partition coefficient (Wildman–Crippen LogP) is 4.66. The molecule has 0 fully saturated rings. The van der Waals surface area contributed by atoms with Gasteiger partial charge in [0.2, 0.25) is 0 Å². The van der Waals surface area contributed by atoms with Crippen LogP contribution in [0, 0.1) is 25.2 Å². The van der Waals surface area contributed by atoms with Crippen molar-refractivity contribution >= 4 is 34.1 Å². The fourth-order valence-electron chi connectivity index (χ4n) is 3.18. The molecule has 0 radical (unpaired) electrons. The van der Waals surface area contributed by atoms with E-state index in [4.69, 9.17) is 16.6 Å². The highest BCUT2D eigenvalue weighted by atomic mass is 35.5. The standard InChI is InChI=1S/C21H18ClN7/c1-4-17-25-16(22)9-18(26-17)27-21-14(10-23)11-24-29(21)19-8-13(3)15-7-5-6-12(2)20(15)28-19/h5-9,11H,4H2,1-3H3,(H,25,26,27). The van der Waals surface area contributed by atoms with E-state index in [2.05, 4.69) is 26.5 Å². The minimum Gasteiger partial charge on any atom is -0.324 e. The van der Waals surface area contributed by atoms with Crippen LogP contribution in [0.2, 0.25) is 5.15 Å². The molecule has 0 unspecified atom stereocenters. The molecule has 0 aliphatic heterocycles. The molecule has 4 rings (SSSR count). The van der Waals surface area contributed by atoms with Crippen LogP contribution in [0.1, 0.15) is 29.4 Å². The third-order valence-electron chi connectivity index (χ3n) is 4.65. The fraction of sp³-hybridized carbons (Fsp3) is 0.190. The van der Waals surface area contributed by atoms with Gasteiger partial charge in [-0.25, -0.2) is 15.0 Å². The number of hydrogen-bond acceptors (Lipinski definition) is 6. The average Bonchev–Trinajstić information content (AvgIpc) is 3.10. The summed E-state index contributed by atoms with van der Waals surface area (Å²) in [5.74, 6) is 2.20. The van der Waals surface area contributed by atoms with Crippen molar-refractivity contribution in [3.63, 3.8) is 0 Å². The van der Waals surface area contributed by atoms with Crippen molar-refractivity contribution in [2.45, 2.75) is 27.2 Å². The summed E-state index contributed by atoms with van der Waals surface area (Å²) in [4.78, 5) is 13.4.